The number of rotatable bonds is 8. The Labute approximate surface area is 171 Å². The first-order valence-corrected chi connectivity index (χ1v) is 10.0. The molecule has 154 valence electrons. The van der Waals surface area contributed by atoms with Crippen LogP contribution >= 0.6 is 0 Å². The summed E-state index contributed by atoms with van der Waals surface area (Å²) in [6.07, 6.45) is 1.96. The monoisotopic (exact) mass is 395 g/mol. The van der Waals surface area contributed by atoms with Gasteiger partial charge in [0.1, 0.15) is 18.1 Å². The number of hydrogen-bond donors (Lipinski definition) is 1. The third kappa shape index (κ3) is 5.08. The van der Waals surface area contributed by atoms with Crippen LogP contribution in [0.3, 0.4) is 0 Å². The summed E-state index contributed by atoms with van der Waals surface area (Å²) in [6.45, 7) is 11.3. The highest BCUT2D eigenvalue weighted by Crippen LogP contribution is 2.21. The molecule has 0 aliphatic rings. The lowest BCUT2D eigenvalue weighted by molar-refractivity contribution is 0.0907. The smallest absolute Gasteiger partial charge is 0.287 e. The van der Waals surface area contributed by atoms with E-state index in [1.54, 1.807) is 12.1 Å². The van der Waals surface area contributed by atoms with Crippen LogP contribution < -0.4 is 10.1 Å². The van der Waals surface area contributed by atoms with Crippen LogP contribution in [0.1, 0.15) is 72.8 Å². The van der Waals surface area contributed by atoms with Crippen molar-refractivity contribution in [2.24, 2.45) is 0 Å². The molecule has 1 amide bonds. The van der Waals surface area contributed by atoms with E-state index in [-0.39, 0.29) is 24.3 Å². The number of nitrogens with zero attached hydrogens (tertiary/aromatic N) is 2. The van der Waals surface area contributed by atoms with Gasteiger partial charge in [-0.05, 0) is 56.5 Å². The molecule has 6 heteroatoms. The molecule has 0 fully saturated rings. The molecule has 0 aliphatic carbocycles. The molecule has 1 N–H and O–H groups in total. The van der Waals surface area contributed by atoms with Crippen LogP contribution in [0.25, 0.3) is 0 Å². The summed E-state index contributed by atoms with van der Waals surface area (Å²) in [7, 11) is 0. The molecule has 3 aromatic rings. The molecular formula is C23H29N3O3. The molecule has 0 aliphatic heterocycles. The summed E-state index contributed by atoms with van der Waals surface area (Å²) in [5.41, 5.74) is 3.18. The molecule has 29 heavy (non-hydrogen) atoms. The zero-order chi connectivity index (χ0) is 21.0. The Balaban J connectivity index is 1.57. The minimum absolute atomic E-state index is 0.160. The number of amides is 1. The predicted molar refractivity (Wildman–Crippen MR) is 112 cm³/mol. The Morgan fingerprint density at radius 3 is 2.52 bits per heavy atom. The van der Waals surface area contributed by atoms with Crippen molar-refractivity contribution >= 4 is 5.91 Å². The second-order valence-electron chi connectivity index (χ2n) is 7.50. The van der Waals surface area contributed by atoms with Gasteiger partial charge in [-0.2, -0.15) is 5.10 Å². The van der Waals surface area contributed by atoms with Crippen LogP contribution in [0, 0.1) is 6.92 Å². The molecule has 0 radical (unpaired) electrons. The second-order valence-corrected chi connectivity index (χ2v) is 7.50. The van der Waals surface area contributed by atoms with Crippen LogP contribution in [0.5, 0.6) is 5.75 Å². The largest absolute Gasteiger partial charge is 0.486 e. The SMILES string of the molecule is CCn1cc(C(C)NC(=O)c2ccc(COc3ccc(C(C)C)cc3)o2)c(C)n1. The average Bonchev–Trinajstić information content (AvgIpc) is 3.33. The molecule has 3 rings (SSSR count). The van der Waals surface area contributed by atoms with E-state index in [9.17, 15) is 4.79 Å². The lowest BCUT2D eigenvalue weighted by Crippen LogP contribution is -2.26. The van der Waals surface area contributed by atoms with Gasteiger partial charge in [0.05, 0.1) is 11.7 Å². The van der Waals surface area contributed by atoms with Gasteiger partial charge in [-0.15, -0.1) is 0 Å². The molecule has 1 aromatic carbocycles. The van der Waals surface area contributed by atoms with Gasteiger partial charge < -0.3 is 14.5 Å². The fourth-order valence-corrected chi connectivity index (χ4v) is 3.15. The summed E-state index contributed by atoms with van der Waals surface area (Å²) in [5, 5.41) is 7.40. The third-order valence-electron chi connectivity index (χ3n) is 4.94. The number of hydrogen-bond acceptors (Lipinski definition) is 4. The lowest BCUT2D eigenvalue weighted by Gasteiger charge is -2.12. The number of carbonyl (C=O) groups excluding carboxylic acids is 1. The molecule has 2 aromatic heterocycles. The van der Waals surface area contributed by atoms with Crippen molar-refractivity contribution in [3.8, 4) is 5.75 Å². The standard InChI is InChI=1S/C23H29N3O3/c1-6-26-13-21(17(5)25-26)16(4)24-23(27)22-12-11-20(29-22)14-28-19-9-7-18(8-10-19)15(2)3/h7-13,15-16H,6,14H2,1-5H3,(H,24,27). The Hall–Kier alpha value is -3.02. The highest BCUT2D eigenvalue weighted by Gasteiger charge is 2.18. The van der Waals surface area contributed by atoms with Gasteiger partial charge in [0.25, 0.3) is 5.91 Å². The minimum Gasteiger partial charge on any atom is -0.486 e. The summed E-state index contributed by atoms with van der Waals surface area (Å²) < 4.78 is 13.3. The van der Waals surface area contributed by atoms with Gasteiger partial charge in [0.15, 0.2) is 5.76 Å². The normalized spacial score (nSPS) is 12.2. The lowest BCUT2D eigenvalue weighted by atomic mass is 10.0. The first kappa shape index (κ1) is 20.7. The Bertz CT molecular complexity index is 954. The van der Waals surface area contributed by atoms with Gasteiger partial charge in [-0.1, -0.05) is 26.0 Å². The first-order chi connectivity index (χ1) is 13.9. The number of aryl methyl sites for hydroxylation is 2. The molecule has 1 atom stereocenters. The van der Waals surface area contributed by atoms with Gasteiger partial charge in [-0.3, -0.25) is 9.48 Å². The summed E-state index contributed by atoms with van der Waals surface area (Å²) in [6, 6.07) is 11.3. The van der Waals surface area contributed by atoms with E-state index in [1.165, 1.54) is 5.56 Å². The van der Waals surface area contributed by atoms with Crippen LogP contribution in [0.15, 0.2) is 47.0 Å². The van der Waals surface area contributed by atoms with Crippen molar-refractivity contribution in [1.82, 2.24) is 15.1 Å². The fraction of sp³-hybridized carbons (Fsp3) is 0.391. The van der Waals surface area contributed by atoms with Crippen molar-refractivity contribution in [2.45, 2.75) is 59.7 Å². The molecule has 0 saturated carbocycles. The number of nitrogens with one attached hydrogen (secondary N) is 1. The highest BCUT2D eigenvalue weighted by molar-refractivity contribution is 5.91. The van der Waals surface area contributed by atoms with Crippen molar-refractivity contribution < 1.29 is 13.9 Å². The van der Waals surface area contributed by atoms with Crippen LogP contribution in [0.2, 0.25) is 0 Å². The van der Waals surface area contributed by atoms with E-state index in [2.05, 4.69) is 36.4 Å². The molecule has 0 spiro atoms. The zero-order valence-corrected chi connectivity index (χ0v) is 17.7. The van der Waals surface area contributed by atoms with Crippen molar-refractivity contribution in [3.63, 3.8) is 0 Å². The van der Waals surface area contributed by atoms with E-state index in [4.69, 9.17) is 9.15 Å². The number of carbonyl (C=O) groups is 1. The minimum atomic E-state index is -0.256. The molecule has 2 heterocycles. The van der Waals surface area contributed by atoms with Gasteiger partial charge in [0, 0.05) is 18.3 Å². The highest BCUT2D eigenvalue weighted by atomic mass is 16.5. The summed E-state index contributed by atoms with van der Waals surface area (Å²) in [5.74, 6) is 1.87. The van der Waals surface area contributed by atoms with Gasteiger partial charge in [0.2, 0.25) is 0 Å². The van der Waals surface area contributed by atoms with Crippen LogP contribution in [-0.4, -0.2) is 15.7 Å². The van der Waals surface area contributed by atoms with Crippen molar-refractivity contribution in [1.29, 1.82) is 0 Å². The van der Waals surface area contributed by atoms with E-state index in [1.807, 2.05) is 43.8 Å². The third-order valence-corrected chi connectivity index (χ3v) is 4.94. The van der Waals surface area contributed by atoms with E-state index in [0.29, 0.717) is 11.7 Å². The topological polar surface area (TPSA) is 69.3 Å². The predicted octanol–water partition coefficient (Wildman–Crippen LogP) is 5.00. The maximum absolute atomic E-state index is 12.5. The van der Waals surface area contributed by atoms with E-state index in [0.717, 1.165) is 23.6 Å². The molecule has 1 unspecified atom stereocenters. The summed E-state index contributed by atoms with van der Waals surface area (Å²) in [4.78, 5) is 12.5. The van der Waals surface area contributed by atoms with Crippen molar-refractivity contribution in [2.75, 3.05) is 0 Å². The quantitative estimate of drug-likeness (QED) is 0.583. The zero-order valence-electron chi connectivity index (χ0n) is 17.7. The Morgan fingerprint density at radius 2 is 1.90 bits per heavy atom. The Kier molecular flexibility index (Phi) is 6.42. The first-order valence-electron chi connectivity index (χ1n) is 10.0. The van der Waals surface area contributed by atoms with Crippen LogP contribution in [0.4, 0.5) is 0 Å². The average molecular weight is 396 g/mol. The molecule has 0 saturated heterocycles. The molecular weight excluding hydrogens is 366 g/mol. The maximum Gasteiger partial charge on any atom is 0.287 e. The maximum atomic E-state index is 12.5. The number of furan rings is 1. The molecule has 6 nitrogen and oxygen atoms in total. The van der Waals surface area contributed by atoms with Gasteiger partial charge in [-0.25, -0.2) is 0 Å². The Morgan fingerprint density at radius 1 is 1.17 bits per heavy atom. The molecule has 0 bridgehead atoms. The number of ether oxygens (including phenoxy) is 1. The number of benzene rings is 1. The van der Waals surface area contributed by atoms with E-state index < -0.39 is 0 Å². The summed E-state index contributed by atoms with van der Waals surface area (Å²) >= 11 is 0. The van der Waals surface area contributed by atoms with E-state index >= 15 is 0 Å². The van der Waals surface area contributed by atoms with Crippen molar-refractivity contribution in [3.05, 3.63) is 70.9 Å². The van der Waals surface area contributed by atoms with Gasteiger partial charge >= 0.3 is 0 Å². The number of aromatic nitrogens is 2. The van der Waals surface area contributed by atoms with Crippen LogP contribution in [-0.2, 0) is 13.2 Å². The fourth-order valence-electron chi connectivity index (χ4n) is 3.15. The second kappa shape index (κ2) is 8.99.